The molecule has 0 atom stereocenters. The molecule has 1 rings (SSSR count). The lowest BCUT2D eigenvalue weighted by atomic mass is 10.2. The van der Waals surface area contributed by atoms with E-state index in [0.29, 0.717) is 5.56 Å². The third-order valence-corrected chi connectivity index (χ3v) is 2.51. The van der Waals surface area contributed by atoms with Crippen LogP contribution in [0.2, 0.25) is 0 Å². The zero-order valence-corrected chi connectivity index (χ0v) is 7.54. The first-order valence-corrected chi connectivity index (χ1v) is 4.71. The summed E-state index contributed by atoms with van der Waals surface area (Å²) in [6.45, 7) is 1.96. The van der Waals surface area contributed by atoms with Crippen molar-refractivity contribution in [1.29, 1.82) is 5.26 Å². The first kappa shape index (κ1) is 8.45. The molecule has 0 aliphatic rings. The fourth-order valence-electron chi connectivity index (χ4n) is 0.753. The summed E-state index contributed by atoms with van der Waals surface area (Å²) in [4.78, 5) is 0.950. The lowest BCUT2D eigenvalue weighted by Gasteiger charge is -1.98. The molecule has 1 nitrogen and oxygen atoms in total. The molecule has 0 heterocycles. The van der Waals surface area contributed by atoms with Crippen molar-refractivity contribution in [3.05, 3.63) is 29.3 Å². The zero-order valence-electron chi connectivity index (χ0n) is 5.97. The van der Waals surface area contributed by atoms with Crippen LogP contribution in [0.5, 0.6) is 0 Å². The van der Waals surface area contributed by atoms with Gasteiger partial charge >= 0.3 is 0 Å². The van der Waals surface area contributed by atoms with Crippen molar-refractivity contribution in [2.24, 2.45) is 0 Å². The fourth-order valence-corrected chi connectivity index (χ4v) is 1.61. The van der Waals surface area contributed by atoms with Crippen LogP contribution < -0.4 is 0 Å². The van der Waals surface area contributed by atoms with E-state index < -0.39 is 0 Å². The number of hydrogen-bond acceptors (Lipinski definition) is 2. The molecule has 0 radical (unpaired) electrons. The van der Waals surface area contributed by atoms with Crippen molar-refractivity contribution < 1.29 is 0 Å². The Hall–Kier alpha value is -0.650. The highest BCUT2D eigenvalue weighted by molar-refractivity contribution is 8.21. The molecule has 0 aliphatic heterocycles. The molecule has 0 saturated heterocycles. The van der Waals surface area contributed by atoms with Gasteiger partial charge in [0, 0.05) is 4.90 Å². The normalized spacial score (nSPS) is 9.18. The number of halogens is 1. The van der Waals surface area contributed by atoms with E-state index in [4.69, 9.17) is 15.9 Å². The van der Waals surface area contributed by atoms with Crippen LogP contribution in [0.3, 0.4) is 0 Å². The van der Waals surface area contributed by atoms with E-state index in [-0.39, 0.29) is 0 Å². The Morgan fingerprint density at radius 2 is 2.27 bits per heavy atom. The minimum absolute atomic E-state index is 0.652. The minimum Gasteiger partial charge on any atom is -0.192 e. The summed E-state index contributed by atoms with van der Waals surface area (Å²) in [5.74, 6) is 0. The molecule has 0 N–H and O–H groups in total. The van der Waals surface area contributed by atoms with Crippen molar-refractivity contribution in [1.82, 2.24) is 0 Å². The Labute approximate surface area is 74.5 Å². The SMILES string of the molecule is Cc1ccc(C#N)cc1SCl. The standard InChI is InChI=1S/C8H6ClNS/c1-6-2-3-7(5-10)4-8(6)11-9/h2-4H,1H3. The molecule has 0 bridgehead atoms. The Bertz CT molecular complexity index is 303. The summed E-state index contributed by atoms with van der Waals surface area (Å²) in [5, 5.41) is 8.55. The van der Waals surface area contributed by atoms with Crippen molar-refractivity contribution in [2.75, 3.05) is 0 Å². The summed E-state index contributed by atoms with van der Waals surface area (Å²) in [6, 6.07) is 7.52. The summed E-state index contributed by atoms with van der Waals surface area (Å²) >= 11 is 0. The average Bonchev–Trinajstić information content (AvgIpc) is 2.05. The molecule has 0 amide bonds. The molecule has 1 aromatic carbocycles. The molecule has 0 saturated carbocycles. The lowest BCUT2D eigenvalue weighted by Crippen LogP contribution is -1.79. The largest absolute Gasteiger partial charge is 0.192 e. The van der Waals surface area contributed by atoms with E-state index in [0.717, 1.165) is 21.4 Å². The van der Waals surface area contributed by atoms with Gasteiger partial charge in [-0.3, -0.25) is 0 Å². The van der Waals surface area contributed by atoms with E-state index in [1.807, 2.05) is 13.0 Å². The van der Waals surface area contributed by atoms with E-state index in [1.54, 1.807) is 12.1 Å². The molecular weight excluding hydrogens is 178 g/mol. The second kappa shape index (κ2) is 3.66. The van der Waals surface area contributed by atoms with Crippen molar-refractivity contribution in [3.63, 3.8) is 0 Å². The van der Waals surface area contributed by atoms with Crippen LogP contribution in [0, 0.1) is 18.3 Å². The molecule has 0 spiro atoms. The second-order valence-corrected chi connectivity index (χ2v) is 3.23. The van der Waals surface area contributed by atoms with Gasteiger partial charge in [-0.15, -0.1) is 0 Å². The topological polar surface area (TPSA) is 23.8 Å². The number of benzene rings is 1. The molecule has 0 unspecified atom stereocenters. The molecule has 0 aromatic heterocycles. The summed E-state index contributed by atoms with van der Waals surface area (Å²) in [7, 11) is 6.71. The highest BCUT2D eigenvalue weighted by atomic mass is 35.7. The Morgan fingerprint density at radius 3 is 2.82 bits per heavy atom. The van der Waals surface area contributed by atoms with Gasteiger partial charge < -0.3 is 0 Å². The van der Waals surface area contributed by atoms with E-state index >= 15 is 0 Å². The van der Waals surface area contributed by atoms with Crippen LogP contribution in [0.4, 0.5) is 0 Å². The van der Waals surface area contributed by atoms with Crippen LogP contribution in [0.1, 0.15) is 11.1 Å². The van der Waals surface area contributed by atoms with Gasteiger partial charge in [0.25, 0.3) is 0 Å². The first-order chi connectivity index (χ1) is 5.27. The van der Waals surface area contributed by atoms with Gasteiger partial charge in [0.2, 0.25) is 0 Å². The van der Waals surface area contributed by atoms with Crippen molar-refractivity contribution in [3.8, 4) is 6.07 Å². The predicted molar refractivity (Wildman–Crippen MR) is 47.6 cm³/mol. The highest BCUT2D eigenvalue weighted by Crippen LogP contribution is 2.26. The zero-order chi connectivity index (χ0) is 8.27. The van der Waals surface area contributed by atoms with Crippen LogP contribution in [0.25, 0.3) is 0 Å². The van der Waals surface area contributed by atoms with Crippen LogP contribution in [-0.4, -0.2) is 0 Å². The molecular formula is C8H6ClNS. The van der Waals surface area contributed by atoms with Crippen LogP contribution in [0.15, 0.2) is 23.1 Å². The minimum atomic E-state index is 0.652. The van der Waals surface area contributed by atoms with Crippen LogP contribution in [-0.2, 0) is 0 Å². The van der Waals surface area contributed by atoms with Gasteiger partial charge in [0.05, 0.1) is 11.6 Å². The quantitative estimate of drug-likeness (QED) is 0.668. The van der Waals surface area contributed by atoms with Crippen LogP contribution >= 0.6 is 21.7 Å². The second-order valence-electron chi connectivity index (χ2n) is 2.17. The van der Waals surface area contributed by atoms with Crippen molar-refractivity contribution >= 4 is 21.7 Å². The average molecular weight is 184 g/mol. The first-order valence-electron chi connectivity index (χ1n) is 3.07. The number of nitrogens with zero attached hydrogens (tertiary/aromatic N) is 1. The maximum absolute atomic E-state index is 8.55. The third kappa shape index (κ3) is 1.89. The number of aryl methyl sites for hydroxylation is 1. The Morgan fingerprint density at radius 1 is 1.55 bits per heavy atom. The summed E-state index contributed by atoms with van der Waals surface area (Å²) in [6.07, 6.45) is 0. The molecule has 11 heavy (non-hydrogen) atoms. The Balaban J connectivity index is 3.15. The Kier molecular flexibility index (Phi) is 2.81. The third-order valence-electron chi connectivity index (χ3n) is 1.40. The smallest absolute Gasteiger partial charge is 0.0992 e. The van der Waals surface area contributed by atoms with Gasteiger partial charge in [-0.1, -0.05) is 6.07 Å². The molecule has 56 valence electrons. The number of hydrogen-bond donors (Lipinski definition) is 0. The van der Waals surface area contributed by atoms with Gasteiger partial charge in [-0.2, -0.15) is 5.26 Å². The van der Waals surface area contributed by atoms with Gasteiger partial charge in [-0.05, 0) is 46.3 Å². The van der Waals surface area contributed by atoms with Gasteiger partial charge in [0.1, 0.15) is 0 Å². The maximum Gasteiger partial charge on any atom is 0.0992 e. The van der Waals surface area contributed by atoms with E-state index in [1.165, 1.54) is 0 Å². The molecule has 0 aliphatic carbocycles. The summed E-state index contributed by atoms with van der Waals surface area (Å²) < 4.78 is 0. The lowest BCUT2D eigenvalue weighted by molar-refractivity contribution is 1.29. The fraction of sp³-hybridized carbons (Fsp3) is 0.125. The van der Waals surface area contributed by atoms with Gasteiger partial charge in [0.15, 0.2) is 0 Å². The van der Waals surface area contributed by atoms with E-state index in [2.05, 4.69) is 6.07 Å². The number of nitriles is 1. The van der Waals surface area contributed by atoms with Gasteiger partial charge in [-0.25, -0.2) is 0 Å². The maximum atomic E-state index is 8.55. The predicted octanol–water partition coefficient (Wildman–Crippen LogP) is 3.11. The highest BCUT2D eigenvalue weighted by Gasteiger charge is 1.98. The number of rotatable bonds is 1. The molecule has 1 aromatic rings. The van der Waals surface area contributed by atoms with Crippen molar-refractivity contribution in [2.45, 2.75) is 11.8 Å². The monoisotopic (exact) mass is 183 g/mol. The molecule has 3 heteroatoms. The molecule has 0 fully saturated rings. The van der Waals surface area contributed by atoms with E-state index in [9.17, 15) is 0 Å². The summed E-state index contributed by atoms with van der Waals surface area (Å²) in [5.41, 5.74) is 1.75.